The number of nitrogens with zero attached hydrogens (tertiary/aromatic N) is 3. The van der Waals surface area contributed by atoms with Crippen molar-refractivity contribution in [2.75, 3.05) is 13.6 Å². The largest absolute Gasteiger partial charge is 0.370 e. The Morgan fingerprint density at radius 3 is 2.27 bits per heavy atom. The Balaban J connectivity index is 2.83. The van der Waals surface area contributed by atoms with Gasteiger partial charge in [0.1, 0.15) is 11.4 Å². The molecular weight excluding hydrogens is 272 g/mol. The molecular formula is C18H20N4. The summed E-state index contributed by atoms with van der Waals surface area (Å²) in [6, 6.07) is 0. The summed E-state index contributed by atoms with van der Waals surface area (Å²) >= 11 is 0. The fourth-order valence-electron chi connectivity index (χ4n) is 2.57. The van der Waals surface area contributed by atoms with Crippen molar-refractivity contribution in [3.05, 3.63) is 85.4 Å². The molecule has 2 rings (SSSR count). The van der Waals surface area contributed by atoms with Crippen LogP contribution in [0.15, 0.2) is 74.0 Å². The van der Waals surface area contributed by atoms with Crippen LogP contribution in [-0.4, -0.2) is 33.9 Å². The molecule has 0 spiro atoms. The lowest BCUT2D eigenvalue weighted by Gasteiger charge is -2.27. The van der Waals surface area contributed by atoms with Crippen molar-refractivity contribution in [3.8, 4) is 0 Å². The van der Waals surface area contributed by atoms with Crippen molar-refractivity contribution in [3.63, 3.8) is 0 Å². The lowest BCUT2D eigenvalue weighted by Crippen LogP contribution is -2.23. The molecule has 0 aromatic carbocycles. The molecule has 1 aliphatic heterocycles. The monoisotopic (exact) mass is 292 g/mol. The molecule has 1 aromatic heterocycles. The van der Waals surface area contributed by atoms with Gasteiger partial charge in [-0.2, -0.15) is 15.4 Å². The van der Waals surface area contributed by atoms with Gasteiger partial charge in [-0.1, -0.05) is 56.7 Å². The second-order valence-electron chi connectivity index (χ2n) is 4.83. The molecule has 0 saturated carbocycles. The SMILES string of the molecule is C=C/C=C1/CN(C)/C(C=C)=C(/C=C)c2n[nH]nc2/C1=C/C=C. The van der Waals surface area contributed by atoms with Crippen molar-refractivity contribution in [2.45, 2.75) is 0 Å². The first-order valence-corrected chi connectivity index (χ1v) is 6.94. The minimum Gasteiger partial charge on any atom is -0.370 e. The number of likely N-dealkylation sites (N-methyl/N-ethyl adjacent to an activating group) is 1. The highest BCUT2D eigenvalue weighted by Crippen LogP contribution is 2.34. The molecule has 112 valence electrons. The number of hydrogen-bond acceptors (Lipinski definition) is 3. The van der Waals surface area contributed by atoms with Crippen LogP contribution in [0.4, 0.5) is 0 Å². The maximum Gasteiger partial charge on any atom is 0.122 e. The van der Waals surface area contributed by atoms with Gasteiger partial charge in [-0.15, -0.1) is 0 Å². The third kappa shape index (κ3) is 2.63. The van der Waals surface area contributed by atoms with Crippen LogP contribution in [0.1, 0.15) is 11.4 Å². The van der Waals surface area contributed by atoms with Gasteiger partial charge in [0, 0.05) is 30.4 Å². The van der Waals surface area contributed by atoms with Crippen molar-refractivity contribution >= 4 is 11.1 Å². The quantitative estimate of drug-likeness (QED) is 0.923. The number of fused-ring (bicyclic) bond motifs is 1. The molecule has 0 amide bonds. The highest BCUT2D eigenvalue weighted by atomic mass is 15.3. The number of hydrogen-bond donors (Lipinski definition) is 1. The normalized spacial score (nSPS) is 22.0. The minimum absolute atomic E-state index is 0.691. The lowest BCUT2D eigenvalue weighted by molar-refractivity contribution is 0.474. The van der Waals surface area contributed by atoms with Crippen LogP contribution in [0.2, 0.25) is 0 Å². The average Bonchev–Trinajstić information content (AvgIpc) is 2.97. The number of rotatable bonds is 4. The number of nitrogens with one attached hydrogen (secondary N) is 1. The number of H-pyrrole nitrogens is 1. The fourth-order valence-corrected chi connectivity index (χ4v) is 2.57. The molecule has 0 radical (unpaired) electrons. The zero-order chi connectivity index (χ0) is 16.1. The molecule has 0 aliphatic carbocycles. The standard InChI is InChI=1S/C18H20N4/c1-6-10-13-12-22(5)16(9-4)14(8-3)17-18(20-21-19-17)15(13)11-7-2/h6-11H,1-4,12H2,5H3,(H,19,20,21)/b13-10-,15-11+,16-14-. The van der Waals surface area contributed by atoms with Crippen molar-refractivity contribution in [1.82, 2.24) is 20.3 Å². The summed E-state index contributed by atoms with van der Waals surface area (Å²) < 4.78 is 0. The molecule has 0 bridgehead atoms. The Kier molecular flexibility index (Phi) is 4.73. The highest BCUT2D eigenvalue weighted by molar-refractivity contribution is 5.89. The van der Waals surface area contributed by atoms with Crippen molar-refractivity contribution in [2.24, 2.45) is 0 Å². The first-order chi connectivity index (χ1) is 10.7. The Bertz CT molecular complexity index is 713. The summed E-state index contributed by atoms with van der Waals surface area (Å²) in [4.78, 5) is 2.11. The summed E-state index contributed by atoms with van der Waals surface area (Å²) in [6.45, 7) is 16.1. The molecule has 0 atom stereocenters. The lowest BCUT2D eigenvalue weighted by atomic mass is 9.94. The van der Waals surface area contributed by atoms with Crippen LogP contribution < -0.4 is 0 Å². The molecule has 22 heavy (non-hydrogen) atoms. The predicted octanol–water partition coefficient (Wildman–Crippen LogP) is 3.52. The first kappa shape index (κ1) is 15.5. The summed E-state index contributed by atoms with van der Waals surface area (Å²) in [5.74, 6) is 0. The maximum atomic E-state index is 4.32. The van der Waals surface area contributed by atoms with E-state index in [0.717, 1.165) is 33.8 Å². The topological polar surface area (TPSA) is 44.8 Å². The van der Waals surface area contributed by atoms with E-state index >= 15 is 0 Å². The van der Waals surface area contributed by atoms with E-state index in [1.165, 1.54) is 0 Å². The predicted molar refractivity (Wildman–Crippen MR) is 92.8 cm³/mol. The second kappa shape index (κ2) is 6.72. The Morgan fingerprint density at radius 1 is 1.00 bits per heavy atom. The molecule has 4 nitrogen and oxygen atoms in total. The third-order valence-corrected chi connectivity index (χ3v) is 3.50. The number of aromatic amines is 1. The van der Waals surface area contributed by atoms with E-state index in [1.54, 1.807) is 18.2 Å². The van der Waals surface area contributed by atoms with Crippen LogP contribution in [0.3, 0.4) is 0 Å². The average molecular weight is 292 g/mol. The minimum atomic E-state index is 0.691. The van der Waals surface area contributed by atoms with Gasteiger partial charge in [0.15, 0.2) is 0 Å². The molecule has 4 heteroatoms. The zero-order valence-electron chi connectivity index (χ0n) is 12.8. The van der Waals surface area contributed by atoms with Gasteiger partial charge in [0.05, 0.1) is 0 Å². The van der Waals surface area contributed by atoms with E-state index in [9.17, 15) is 0 Å². The summed E-state index contributed by atoms with van der Waals surface area (Å²) in [5, 5.41) is 11.3. The van der Waals surface area contributed by atoms with Crippen molar-refractivity contribution < 1.29 is 0 Å². The van der Waals surface area contributed by atoms with Gasteiger partial charge in [-0.05, 0) is 11.6 Å². The van der Waals surface area contributed by atoms with Gasteiger partial charge in [-0.3, -0.25) is 0 Å². The number of allylic oxidation sites excluding steroid dienone is 7. The highest BCUT2D eigenvalue weighted by Gasteiger charge is 2.24. The third-order valence-electron chi connectivity index (χ3n) is 3.50. The Hall–Kier alpha value is -2.88. The molecule has 0 fully saturated rings. The van der Waals surface area contributed by atoms with Crippen LogP contribution in [0.25, 0.3) is 11.1 Å². The van der Waals surface area contributed by atoms with E-state index in [2.05, 4.69) is 46.6 Å². The van der Waals surface area contributed by atoms with Gasteiger partial charge in [-0.25, -0.2) is 0 Å². The molecule has 2 heterocycles. The van der Waals surface area contributed by atoms with E-state index in [0.29, 0.717) is 6.54 Å². The molecule has 1 aromatic rings. The fraction of sp³-hybridized carbons (Fsp3) is 0.111. The van der Waals surface area contributed by atoms with E-state index in [1.807, 2.05) is 25.3 Å². The summed E-state index contributed by atoms with van der Waals surface area (Å²) in [7, 11) is 2.01. The van der Waals surface area contributed by atoms with Crippen LogP contribution in [0, 0.1) is 0 Å². The molecule has 1 N–H and O–H groups in total. The molecule has 0 saturated heterocycles. The van der Waals surface area contributed by atoms with Gasteiger partial charge < -0.3 is 4.90 Å². The number of aromatic nitrogens is 3. The maximum absolute atomic E-state index is 4.32. The van der Waals surface area contributed by atoms with E-state index < -0.39 is 0 Å². The second-order valence-corrected chi connectivity index (χ2v) is 4.83. The van der Waals surface area contributed by atoms with E-state index in [-0.39, 0.29) is 0 Å². The van der Waals surface area contributed by atoms with Crippen LogP contribution in [0.5, 0.6) is 0 Å². The Labute approximate surface area is 131 Å². The zero-order valence-corrected chi connectivity index (χ0v) is 12.8. The van der Waals surface area contributed by atoms with Gasteiger partial charge in [0.2, 0.25) is 0 Å². The van der Waals surface area contributed by atoms with E-state index in [4.69, 9.17) is 0 Å². The van der Waals surface area contributed by atoms with Crippen molar-refractivity contribution in [1.29, 1.82) is 0 Å². The smallest absolute Gasteiger partial charge is 0.122 e. The molecule has 1 aliphatic rings. The first-order valence-electron chi connectivity index (χ1n) is 6.94. The van der Waals surface area contributed by atoms with Crippen LogP contribution >= 0.6 is 0 Å². The summed E-state index contributed by atoms with van der Waals surface area (Å²) in [5.41, 5.74) is 5.42. The van der Waals surface area contributed by atoms with Crippen LogP contribution in [-0.2, 0) is 0 Å². The Morgan fingerprint density at radius 2 is 1.68 bits per heavy atom. The molecule has 0 unspecified atom stereocenters. The van der Waals surface area contributed by atoms with Gasteiger partial charge in [0.25, 0.3) is 0 Å². The van der Waals surface area contributed by atoms with Gasteiger partial charge >= 0.3 is 0 Å². The summed E-state index contributed by atoms with van der Waals surface area (Å²) in [6.07, 6.45) is 11.0.